The number of aryl methyl sites for hydroxylation is 1. The van der Waals surface area contributed by atoms with Gasteiger partial charge in [-0.3, -0.25) is 9.59 Å². The van der Waals surface area contributed by atoms with E-state index in [2.05, 4.69) is 31.4 Å². The van der Waals surface area contributed by atoms with Crippen LogP contribution in [0, 0.1) is 5.92 Å². The van der Waals surface area contributed by atoms with E-state index in [1.165, 1.54) is 0 Å². The monoisotopic (exact) mass is 711 g/mol. The number of thioether (sulfide) groups is 1. The summed E-state index contributed by atoms with van der Waals surface area (Å²) in [6.45, 7) is 18.9. The SMILES string of the molecule is CCc1ccc(C(C(=O)NC(Cc2ccccc2)C(=O)OC(C)(C)C)N(C(=O)C(CCSC)NC(=O)OC(C)(C)C)C(C)CCC(C)C)cc1. The molecule has 0 aliphatic heterocycles. The van der Waals surface area contributed by atoms with Crippen LogP contribution in [-0.4, -0.2) is 70.1 Å². The van der Waals surface area contributed by atoms with Gasteiger partial charge in [-0.1, -0.05) is 75.4 Å². The second-order valence-electron chi connectivity index (χ2n) is 15.3. The van der Waals surface area contributed by atoms with E-state index in [9.17, 15) is 19.2 Å². The molecule has 2 aromatic rings. The smallest absolute Gasteiger partial charge is 0.408 e. The van der Waals surface area contributed by atoms with Crippen LogP contribution in [0.1, 0.15) is 111 Å². The van der Waals surface area contributed by atoms with E-state index in [1.807, 2.05) is 67.8 Å². The van der Waals surface area contributed by atoms with Crippen LogP contribution in [0.25, 0.3) is 0 Å². The first kappa shape index (κ1) is 42.6. The van der Waals surface area contributed by atoms with Crippen LogP contribution in [0.2, 0.25) is 0 Å². The summed E-state index contributed by atoms with van der Waals surface area (Å²) in [6, 6.07) is 13.6. The number of alkyl carbamates (subject to hydrolysis) is 1. The van der Waals surface area contributed by atoms with Crippen molar-refractivity contribution in [1.29, 1.82) is 0 Å². The molecule has 0 aliphatic rings. The highest BCUT2D eigenvalue weighted by Gasteiger charge is 2.40. The van der Waals surface area contributed by atoms with Crippen molar-refractivity contribution in [3.05, 3.63) is 71.3 Å². The van der Waals surface area contributed by atoms with Crippen molar-refractivity contribution >= 4 is 35.6 Å². The zero-order chi connectivity index (χ0) is 37.6. The number of hydrogen-bond donors (Lipinski definition) is 2. The molecule has 0 saturated heterocycles. The van der Waals surface area contributed by atoms with E-state index in [0.29, 0.717) is 30.1 Å². The Kier molecular flexibility index (Phi) is 16.8. The third kappa shape index (κ3) is 14.8. The largest absolute Gasteiger partial charge is 0.458 e. The minimum absolute atomic E-state index is 0.205. The zero-order valence-corrected chi connectivity index (χ0v) is 32.9. The fraction of sp³-hybridized carbons (Fsp3) is 0.600. The van der Waals surface area contributed by atoms with Gasteiger partial charge in [-0.15, -0.1) is 0 Å². The Bertz CT molecular complexity index is 1370. The Balaban J connectivity index is 2.72. The molecular formula is C40H61N3O6S. The Hall–Kier alpha value is -3.53. The molecule has 0 fully saturated rings. The Morgan fingerprint density at radius 3 is 1.88 bits per heavy atom. The molecule has 4 unspecified atom stereocenters. The highest BCUT2D eigenvalue weighted by atomic mass is 32.2. The third-order valence-electron chi connectivity index (χ3n) is 8.01. The van der Waals surface area contributed by atoms with Gasteiger partial charge < -0.3 is 25.0 Å². The molecule has 278 valence electrons. The van der Waals surface area contributed by atoms with Crippen molar-refractivity contribution in [2.75, 3.05) is 12.0 Å². The van der Waals surface area contributed by atoms with Crippen molar-refractivity contribution in [3.63, 3.8) is 0 Å². The second-order valence-corrected chi connectivity index (χ2v) is 16.3. The first-order chi connectivity index (χ1) is 23.3. The van der Waals surface area contributed by atoms with Crippen LogP contribution < -0.4 is 10.6 Å². The Morgan fingerprint density at radius 2 is 1.36 bits per heavy atom. The van der Waals surface area contributed by atoms with E-state index < -0.39 is 59.2 Å². The average molecular weight is 712 g/mol. The van der Waals surface area contributed by atoms with Crippen molar-refractivity contribution in [3.8, 4) is 0 Å². The normalized spacial score (nSPS) is 14.2. The van der Waals surface area contributed by atoms with Crippen LogP contribution in [0.5, 0.6) is 0 Å². The topological polar surface area (TPSA) is 114 Å². The maximum Gasteiger partial charge on any atom is 0.408 e. The number of ether oxygens (including phenoxy) is 2. The van der Waals surface area contributed by atoms with Crippen LogP contribution in [0.15, 0.2) is 54.6 Å². The van der Waals surface area contributed by atoms with Crippen molar-refractivity contribution in [1.82, 2.24) is 15.5 Å². The molecule has 50 heavy (non-hydrogen) atoms. The molecule has 0 saturated carbocycles. The number of nitrogens with one attached hydrogen (secondary N) is 2. The number of amides is 3. The molecule has 9 nitrogen and oxygen atoms in total. The van der Waals surface area contributed by atoms with Gasteiger partial charge in [-0.25, -0.2) is 9.59 Å². The third-order valence-corrected chi connectivity index (χ3v) is 8.66. The van der Waals surface area contributed by atoms with E-state index >= 15 is 0 Å². The quantitative estimate of drug-likeness (QED) is 0.162. The molecule has 3 amide bonds. The lowest BCUT2D eigenvalue weighted by Crippen LogP contribution is -2.57. The molecule has 0 bridgehead atoms. The van der Waals surface area contributed by atoms with Crippen LogP contribution in [0.3, 0.4) is 0 Å². The number of benzene rings is 2. The summed E-state index contributed by atoms with van der Waals surface area (Å²) in [5.41, 5.74) is 0.994. The number of carbonyl (C=O) groups excluding carboxylic acids is 4. The minimum atomic E-state index is -1.10. The van der Waals surface area contributed by atoms with Crippen molar-refractivity contribution in [2.45, 2.75) is 137 Å². The Morgan fingerprint density at radius 1 is 0.760 bits per heavy atom. The van der Waals surface area contributed by atoms with Gasteiger partial charge in [-0.2, -0.15) is 11.8 Å². The summed E-state index contributed by atoms with van der Waals surface area (Å²) >= 11 is 1.56. The lowest BCUT2D eigenvalue weighted by Gasteiger charge is -2.39. The number of esters is 1. The van der Waals surface area contributed by atoms with Gasteiger partial charge in [0.1, 0.15) is 29.3 Å². The molecule has 10 heteroatoms. The van der Waals surface area contributed by atoms with Crippen LogP contribution >= 0.6 is 11.8 Å². The first-order valence-electron chi connectivity index (χ1n) is 17.8. The number of carbonyl (C=O) groups is 4. The molecule has 2 rings (SSSR count). The van der Waals surface area contributed by atoms with Gasteiger partial charge in [0.2, 0.25) is 11.8 Å². The van der Waals surface area contributed by atoms with Gasteiger partial charge in [0.15, 0.2) is 0 Å². The number of nitrogens with zero attached hydrogens (tertiary/aromatic N) is 1. The van der Waals surface area contributed by atoms with Crippen molar-refractivity contribution < 1.29 is 28.7 Å². The number of rotatable bonds is 17. The van der Waals surface area contributed by atoms with E-state index in [1.54, 1.807) is 58.2 Å². The van der Waals surface area contributed by atoms with Gasteiger partial charge >= 0.3 is 12.1 Å². The average Bonchev–Trinajstić information content (AvgIpc) is 3.02. The van der Waals surface area contributed by atoms with E-state index in [0.717, 1.165) is 24.0 Å². The zero-order valence-electron chi connectivity index (χ0n) is 32.1. The molecule has 0 spiro atoms. The lowest BCUT2D eigenvalue weighted by molar-refractivity contribution is -0.159. The standard InChI is InChI=1S/C40H61N3O6S/c1-12-29-20-22-31(23-21-29)34(35(44)41-33(37(46)48-39(5,6)7)26-30-16-14-13-15-17-30)43(28(4)19-18-27(2)3)36(45)32(24-25-50-11)42-38(47)49-40(8,9)10/h13-17,20-23,27-28,32-34H,12,18-19,24-26H2,1-11H3,(H,41,44)(H,42,47). The fourth-order valence-electron chi connectivity index (χ4n) is 5.48. The predicted molar refractivity (Wildman–Crippen MR) is 203 cm³/mol. The summed E-state index contributed by atoms with van der Waals surface area (Å²) in [5.74, 6) is -0.505. The molecular weight excluding hydrogens is 651 g/mol. The highest BCUT2D eigenvalue weighted by Crippen LogP contribution is 2.29. The molecule has 0 radical (unpaired) electrons. The van der Waals surface area contributed by atoms with Gasteiger partial charge in [0, 0.05) is 12.5 Å². The van der Waals surface area contributed by atoms with Gasteiger partial charge in [0.05, 0.1) is 0 Å². The van der Waals surface area contributed by atoms with Crippen LogP contribution in [-0.2, 0) is 36.7 Å². The predicted octanol–water partition coefficient (Wildman–Crippen LogP) is 7.66. The molecule has 0 heterocycles. The van der Waals surface area contributed by atoms with Crippen LogP contribution in [0.4, 0.5) is 4.79 Å². The molecule has 4 atom stereocenters. The van der Waals surface area contributed by atoms with Gasteiger partial charge in [0.25, 0.3) is 0 Å². The lowest BCUT2D eigenvalue weighted by atomic mass is 9.95. The first-order valence-corrected chi connectivity index (χ1v) is 19.2. The van der Waals surface area contributed by atoms with Crippen molar-refractivity contribution in [2.24, 2.45) is 5.92 Å². The second kappa shape index (κ2) is 19.8. The molecule has 2 N–H and O–H groups in total. The molecule has 0 aromatic heterocycles. The maximum atomic E-state index is 14.9. The summed E-state index contributed by atoms with van der Waals surface area (Å²) < 4.78 is 11.3. The highest BCUT2D eigenvalue weighted by molar-refractivity contribution is 7.98. The summed E-state index contributed by atoms with van der Waals surface area (Å²) in [6.07, 6.45) is 4.03. The van der Waals surface area contributed by atoms with E-state index in [4.69, 9.17) is 9.47 Å². The maximum absolute atomic E-state index is 14.9. The van der Waals surface area contributed by atoms with E-state index in [-0.39, 0.29) is 6.42 Å². The Labute approximate surface area is 305 Å². The number of hydrogen-bond acceptors (Lipinski definition) is 7. The summed E-state index contributed by atoms with van der Waals surface area (Å²) in [7, 11) is 0. The molecule has 0 aliphatic carbocycles. The summed E-state index contributed by atoms with van der Waals surface area (Å²) in [4.78, 5) is 57.9. The fourth-order valence-corrected chi connectivity index (χ4v) is 5.95. The van der Waals surface area contributed by atoms with Gasteiger partial charge in [-0.05, 0) is 109 Å². The summed E-state index contributed by atoms with van der Waals surface area (Å²) in [5, 5.41) is 5.82. The molecule has 2 aromatic carbocycles. The minimum Gasteiger partial charge on any atom is -0.458 e.